The number of hydrogen-bond donors (Lipinski definition) is 1. The molecule has 3 nitrogen and oxygen atoms in total. The van der Waals surface area contributed by atoms with Crippen molar-refractivity contribution in [3.8, 4) is 0 Å². The summed E-state index contributed by atoms with van der Waals surface area (Å²) in [4.78, 5) is 0. The zero-order chi connectivity index (χ0) is 27.9. The fourth-order valence-corrected chi connectivity index (χ4v) is 4.78. The number of nitrogens with zero attached hydrogens (tertiary/aromatic N) is 1. The highest BCUT2D eigenvalue weighted by atomic mass is 16.5. The minimum absolute atomic E-state index is 0.407. The molecule has 0 amide bonds. The Kier molecular flexibility index (Phi) is 32.9. The highest BCUT2D eigenvalue weighted by Gasteiger charge is 2.24. The van der Waals surface area contributed by atoms with E-state index in [0.717, 1.165) is 25.7 Å². The van der Waals surface area contributed by atoms with Crippen molar-refractivity contribution >= 4 is 0 Å². The summed E-state index contributed by atoms with van der Waals surface area (Å²) in [6.45, 7) is 17.3. The normalized spacial score (nSPS) is 12.8. The first kappa shape index (κ1) is 38.5. The quantitative estimate of drug-likeness (QED) is 0.0531. The number of rotatable bonds is 26. The fraction of sp³-hybridized carbons (Fsp3) is 0.882. The van der Waals surface area contributed by atoms with E-state index in [1.54, 1.807) is 0 Å². The van der Waals surface area contributed by atoms with Gasteiger partial charge in [-0.3, -0.25) is 0 Å². The van der Waals surface area contributed by atoms with Gasteiger partial charge in [0.1, 0.15) is 0 Å². The van der Waals surface area contributed by atoms with Crippen molar-refractivity contribution in [3.63, 3.8) is 0 Å². The standard InChI is InChI=1S/C18H33O2.C16H36N/c1-2-3-4-5-6-7-8-9-10-11-12-13-14-15-16-17-18(19)20;1-5-9-13-17(14-10-6-2,15-11-7-3)16-12-8-4/h6-7,9-10,18-19H,2-5,8,11-17H2,1H3;5-16H2,1-4H3/q-1;+1/b7-6+,10-9+;. The Morgan fingerprint density at radius 1 is 0.514 bits per heavy atom. The van der Waals surface area contributed by atoms with E-state index in [1.807, 2.05) is 0 Å². The summed E-state index contributed by atoms with van der Waals surface area (Å²) in [6.07, 6.45) is 32.2. The molecule has 0 saturated heterocycles. The molecule has 222 valence electrons. The van der Waals surface area contributed by atoms with E-state index in [9.17, 15) is 5.11 Å². The van der Waals surface area contributed by atoms with Crippen molar-refractivity contribution in [2.45, 2.75) is 169 Å². The molecule has 0 aromatic carbocycles. The molecule has 0 bridgehead atoms. The molecule has 0 saturated carbocycles. The number of aliphatic hydroxyl groups is 1. The second-order valence-corrected chi connectivity index (χ2v) is 11.1. The van der Waals surface area contributed by atoms with Crippen LogP contribution in [0.25, 0.3) is 0 Å². The van der Waals surface area contributed by atoms with Crippen molar-refractivity contribution in [2.24, 2.45) is 0 Å². The maximum Gasteiger partial charge on any atom is 0.0786 e. The van der Waals surface area contributed by atoms with Crippen LogP contribution in [0.4, 0.5) is 0 Å². The van der Waals surface area contributed by atoms with Crippen LogP contribution in [-0.4, -0.2) is 42.1 Å². The van der Waals surface area contributed by atoms with Gasteiger partial charge in [0.2, 0.25) is 0 Å². The Bertz CT molecular complexity index is 435. The summed E-state index contributed by atoms with van der Waals surface area (Å²) in [5.74, 6) is 0. The Labute approximate surface area is 234 Å². The van der Waals surface area contributed by atoms with Crippen molar-refractivity contribution in [3.05, 3.63) is 24.3 Å². The van der Waals surface area contributed by atoms with Gasteiger partial charge in [-0.15, -0.1) is 0 Å². The highest BCUT2D eigenvalue weighted by Crippen LogP contribution is 2.16. The molecule has 0 spiro atoms. The number of hydrogen-bond acceptors (Lipinski definition) is 2. The topological polar surface area (TPSA) is 43.3 Å². The second-order valence-electron chi connectivity index (χ2n) is 11.1. The predicted molar refractivity (Wildman–Crippen MR) is 165 cm³/mol. The Morgan fingerprint density at radius 2 is 0.892 bits per heavy atom. The molecule has 0 radical (unpaired) electrons. The Hall–Kier alpha value is -0.640. The lowest BCUT2D eigenvalue weighted by molar-refractivity contribution is -0.929. The van der Waals surface area contributed by atoms with Gasteiger partial charge in [0.25, 0.3) is 0 Å². The van der Waals surface area contributed by atoms with Gasteiger partial charge in [-0.2, -0.15) is 0 Å². The van der Waals surface area contributed by atoms with Crippen LogP contribution in [0.15, 0.2) is 24.3 Å². The van der Waals surface area contributed by atoms with E-state index in [4.69, 9.17) is 5.11 Å². The molecule has 0 rings (SSSR count). The summed E-state index contributed by atoms with van der Waals surface area (Å²) in [5.41, 5.74) is 0. The second kappa shape index (κ2) is 31.6. The van der Waals surface area contributed by atoms with Crippen LogP contribution < -0.4 is 5.11 Å². The summed E-state index contributed by atoms with van der Waals surface area (Å²) in [5, 5.41) is 19.0. The van der Waals surface area contributed by atoms with Crippen LogP contribution >= 0.6 is 0 Å². The number of quaternary nitrogens is 1. The number of unbranched alkanes of at least 4 members (excludes halogenated alkanes) is 12. The minimum Gasteiger partial charge on any atom is -0.831 e. The SMILES string of the molecule is CCCCC/C=C/C/C=C/CCCCCCCC([O-])O.CCCC[N+](CCCC)(CCCC)CCCC. The molecular formula is C34H69NO2. The van der Waals surface area contributed by atoms with E-state index in [-0.39, 0.29) is 0 Å². The summed E-state index contributed by atoms with van der Waals surface area (Å²) < 4.78 is 1.42. The molecule has 0 aliphatic rings. The Balaban J connectivity index is 0. The minimum atomic E-state index is -1.37. The monoisotopic (exact) mass is 524 g/mol. The first-order chi connectivity index (χ1) is 18.0. The highest BCUT2D eigenvalue weighted by molar-refractivity contribution is 4.92. The van der Waals surface area contributed by atoms with Crippen molar-refractivity contribution in [2.75, 3.05) is 26.2 Å². The molecule has 0 aliphatic heterocycles. The maximum absolute atomic E-state index is 10.4. The van der Waals surface area contributed by atoms with Crippen molar-refractivity contribution in [1.29, 1.82) is 0 Å². The van der Waals surface area contributed by atoms with Gasteiger partial charge in [-0.05, 0) is 70.5 Å². The number of aliphatic hydroxyl groups excluding tert-OH is 1. The van der Waals surface area contributed by atoms with E-state index in [1.165, 1.54) is 127 Å². The molecule has 1 N–H and O–H groups in total. The Morgan fingerprint density at radius 3 is 1.30 bits per heavy atom. The van der Waals surface area contributed by atoms with Gasteiger partial charge in [0.15, 0.2) is 0 Å². The lowest BCUT2D eigenvalue weighted by atomic mass is 10.1. The lowest BCUT2D eigenvalue weighted by Gasteiger charge is -2.39. The molecule has 0 aromatic heterocycles. The van der Waals surface area contributed by atoms with E-state index in [2.05, 4.69) is 58.9 Å². The lowest BCUT2D eigenvalue weighted by Crippen LogP contribution is -2.50. The van der Waals surface area contributed by atoms with Crippen LogP contribution in [0, 0.1) is 0 Å². The van der Waals surface area contributed by atoms with Gasteiger partial charge in [-0.25, -0.2) is 0 Å². The van der Waals surface area contributed by atoms with Crippen molar-refractivity contribution < 1.29 is 14.7 Å². The third-order valence-corrected chi connectivity index (χ3v) is 7.35. The van der Waals surface area contributed by atoms with Gasteiger partial charge in [-0.1, -0.05) is 123 Å². The van der Waals surface area contributed by atoms with Crippen LogP contribution in [0.5, 0.6) is 0 Å². The van der Waals surface area contributed by atoms with Crippen molar-refractivity contribution in [1.82, 2.24) is 0 Å². The third kappa shape index (κ3) is 29.8. The van der Waals surface area contributed by atoms with E-state index < -0.39 is 6.29 Å². The fourth-order valence-electron chi connectivity index (χ4n) is 4.78. The van der Waals surface area contributed by atoms with E-state index in [0.29, 0.717) is 6.42 Å². The zero-order valence-corrected chi connectivity index (χ0v) is 26.2. The predicted octanol–water partition coefficient (Wildman–Crippen LogP) is 9.48. The molecule has 0 aromatic rings. The molecule has 0 heterocycles. The molecule has 37 heavy (non-hydrogen) atoms. The maximum atomic E-state index is 10.4. The van der Waals surface area contributed by atoms with Crippen LogP contribution in [0.1, 0.15) is 163 Å². The summed E-state index contributed by atoms with van der Waals surface area (Å²) in [7, 11) is 0. The first-order valence-corrected chi connectivity index (χ1v) is 16.5. The summed E-state index contributed by atoms with van der Waals surface area (Å²) >= 11 is 0. The van der Waals surface area contributed by atoms with Gasteiger partial charge >= 0.3 is 0 Å². The van der Waals surface area contributed by atoms with Crippen LogP contribution in [0.3, 0.4) is 0 Å². The molecule has 1 atom stereocenters. The van der Waals surface area contributed by atoms with Gasteiger partial charge in [0.05, 0.1) is 26.2 Å². The van der Waals surface area contributed by atoms with Crippen LogP contribution in [0.2, 0.25) is 0 Å². The average molecular weight is 524 g/mol. The molecular weight excluding hydrogens is 454 g/mol. The molecule has 3 heteroatoms. The smallest absolute Gasteiger partial charge is 0.0786 e. The van der Waals surface area contributed by atoms with Gasteiger partial charge in [0, 0.05) is 0 Å². The molecule has 1 unspecified atom stereocenters. The summed E-state index contributed by atoms with van der Waals surface area (Å²) in [6, 6.07) is 0. The third-order valence-electron chi connectivity index (χ3n) is 7.35. The zero-order valence-electron chi connectivity index (χ0n) is 26.2. The largest absolute Gasteiger partial charge is 0.831 e. The average Bonchev–Trinajstić information content (AvgIpc) is 2.90. The first-order valence-electron chi connectivity index (χ1n) is 16.5. The number of allylic oxidation sites excluding steroid dienone is 4. The molecule has 0 fully saturated rings. The van der Waals surface area contributed by atoms with Gasteiger partial charge < -0.3 is 14.7 Å². The van der Waals surface area contributed by atoms with Crippen LogP contribution in [-0.2, 0) is 0 Å². The molecule has 0 aliphatic carbocycles. The van der Waals surface area contributed by atoms with E-state index >= 15 is 0 Å².